The zero-order valence-corrected chi connectivity index (χ0v) is 6.42. The second kappa shape index (κ2) is 3.12. The van der Waals surface area contributed by atoms with Gasteiger partial charge < -0.3 is 25.2 Å². The van der Waals surface area contributed by atoms with Crippen LogP contribution in [0.25, 0.3) is 0 Å². The van der Waals surface area contributed by atoms with Crippen molar-refractivity contribution in [2.24, 2.45) is 0 Å². The van der Waals surface area contributed by atoms with Crippen LogP contribution in [0.1, 0.15) is 0 Å². The molecule has 4 atom stereocenters. The molecule has 1 aliphatic heterocycles. The highest BCUT2D eigenvalue weighted by atomic mass is 16.6. The third-order valence-corrected chi connectivity index (χ3v) is 1.92. The van der Waals surface area contributed by atoms with Crippen LogP contribution in [0.5, 0.6) is 0 Å². The molecule has 0 unspecified atom stereocenters. The van der Waals surface area contributed by atoms with E-state index in [1.54, 1.807) is 0 Å². The van der Waals surface area contributed by atoms with Crippen LogP contribution in [-0.2, 0) is 4.74 Å². The van der Waals surface area contributed by atoms with Crippen molar-refractivity contribution in [2.45, 2.75) is 24.1 Å². The summed E-state index contributed by atoms with van der Waals surface area (Å²) in [6, 6.07) is 0. The molecular weight excluding hydrogens is 164 g/mol. The molecule has 0 saturated carbocycles. The lowest BCUT2D eigenvalue weighted by Crippen LogP contribution is -2.59. The van der Waals surface area contributed by atoms with Crippen molar-refractivity contribution in [1.29, 1.82) is 0 Å². The Kier molecular flexibility index (Phi) is 2.50. The van der Waals surface area contributed by atoms with Gasteiger partial charge in [0.05, 0.1) is 6.61 Å². The van der Waals surface area contributed by atoms with Gasteiger partial charge in [-0.15, -0.1) is 0 Å². The van der Waals surface area contributed by atoms with Crippen molar-refractivity contribution in [3.8, 4) is 0 Å². The quantitative estimate of drug-likeness (QED) is 0.346. The smallest absolute Gasteiger partial charge is 0.214 e. The first-order valence-corrected chi connectivity index (χ1v) is 3.55. The van der Waals surface area contributed by atoms with Gasteiger partial charge in [0.1, 0.15) is 18.3 Å². The number of rotatable bonds is 1. The van der Waals surface area contributed by atoms with Crippen LogP contribution in [0, 0.1) is 0 Å². The van der Waals surface area contributed by atoms with Crippen molar-refractivity contribution in [3.05, 3.63) is 12.7 Å². The number of aliphatic hydroxyl groups is 4. The van der Waals surface area contributed by atoms with Crippen molar-refractivity contribution in [1.82, 2.24) is 0 Å². The van der Waals surface area contributed by atoms with E-state index in [1.165, 1.54) is 0 Å². The summed E-state index contributed by atoms with van der Waals surface area (Å²) in [6.45, 7) is 3.00. The predicted octanol–water partition coefficient (Wildman–Crippen LogP) is -2.03. The molecule has 1 fully saturated rings. The van der Waals surface area contributed by atoms with E-state index in [-0.39, 0.29) is 6.61 Å². The molecule has 0 aliphatic carbocycles. The molecule has 1 aliphatic rings. The molecule has 1 saturated heterocycles. The second-order valence-corrected chi connectivity index (χ2v) is 2.77. The fourth-order valence-electron chi connectivity index (χ4n) is 1.04. The summed E-state index contributed by atoms with van der Waals surface area (Å²) in [5.74, 6) is -1.96. The maximum atomic E-state index is 9.38. The summed E-state index contributed by atoms with van der Waals surface area (Å²) in [7, 11) is 0. The third-order valence-electron chi connectivity index (χ3n) is 1.92. The van der Waals surface area contributed by atoms with Crippen molar-refractivity contribution >= 4 is 0 Å². The minimum atomic E-state index is -1.96. The van der Waals surface area contributed by atoms with Crippen LogP contribution < -0.4 is 0 Å². The van der Waals surface area contributed by atoms with Crippen LogP contribution in [0.3, 0.4) is 0 Å². The molecule has 4 N–H and O–H groups in total. The maximum Gasteiger partial charge on any atom is 0.214 e. The monoisotopic (exact) mass is 176 g/mol. The summed E-state index contributed by atoms with van der Waals surface area (Å²) in [4.78, 5) is 0. The highest BCUT2D eigenvalue weighted by Crippen LogP contribution is 2.24. The van der Waals surface area contributed by atoms with Gasteiger partial charge in [-0.25, -0.2) is 0 Å². The number of hydrogen-bond donors (Lipinski definition) is 4. The van der Waals surface area contributed by atoms with Crippen LogP contribution in [0.15, 0.2) is 12.7 Å². The Balaban J connectivity index is 2.77. The van der Waals surface area contributed by atoms with Crippen molar-refractivity contribution < 1.29 is 25.2 Å². The lowest BCUT2D eigenvalue weighted by atomic mass is 9.97. The molecule has 5 heteroatoms. The van der Waals surface area contributed by atoms with E-state index in [0.717, 1.165) is 6.08 Å². The van der Waals surface area contributed by atoms with E-state index in [1.807, 2.05) is 0 Å². The summed E-state index contributed by atoms with van der Waals surface area (Å²) in [5.41, 5.74) is 0. The molecule has 0 aromatic rings. The zero-order chi connectivity index (χ0) is 9.35. The Morgan fingerprint density at radius 3 is 2.50 bits per heavy atom. The van der Waals surface area contributed by atoms with E-state index in [2.05, 4.69) is 11.3 Å². The first-order chi connectivity index (χ1) is 5.51. The van der Waals surface area contributed by atoms with Crippen molar-refractivity contribution in [2.75, 3.05) is 6.61 Å². The Morgan fingerprint density at radius 2 is 2.00 bits per heavy atom. The fourth-order valence-corrected chi connectivity index (χ4v) is 1.04. The molecule has 70 valence electrons. The first-order valence-electron chi connectivity index (χ1n) is 3.55. The summed E-state index contributed by atoms with van der Waals surface area (Å²) in [5, 5.41) is 36.7. The lowest BCUT2D eigenvalue weighted by Gasteiger charge is -2.39. The molecule has 0 bridgehead atoms. The zero-order valence-electron chi connectivity index (χ0n) is 6.42. The molecule has 0 aromatic heterocycles. The van der Waals surface area contributed by atoms with E-state index < -0.39 is 24.1 Å². The standard InChI is InChI=1S/C7H12O5/c1-2-7(11)6(10)5(9)4(8)3-12-7/h2,4-6,8-11H,1,3H2/t4-,5+,6-,7-/m1/s1. The van der Waals surface area contributed by atoms with E-state index in [4.69, 9.17) is 10.2 Å². The van der Waals surface area contributed by atoms with Gasteiger partial charge in [0, 0.05) is 0 Å². The summed E-state index contributed by atoms with van der Waals surface area (Å²) in [6.07, 6.45) is -3.19. The second-order valence-electron chi connectivity index (χ2n) is 2.77. The van der Waals surface area contributed by atoms with Gasteiger partial charge in [0.2, 0.25) is 5.79 Å². The number of ether oxygens (including phenoxy) is 1. The summed E-state index contributed by atoms with van der Waals surface area (Å²) < 4.78 is 4.69. The molecule has 0 spiro atoms. The molecule has 0 radical (unpaired) electrons. The maximum absolute atomic E-state index is 9.38. The molecule has 0 aromatic carbocycles. The topological polar surface area (TPSA) is 90.2 Å². The Bertz CT molecular complexity index is 183. The number of aliphatic hydroxyl groups excluding tert-OH is 3. The summed E-state index contributed by atoms with van der Waals surface area (Å²) >= 11 is 0. The van der Waals surface area contributed by atoms with E-state index in [0.29, 0.717) is 0 Å². The minimum Gasteiger partial charge on any atom is -0.388 e. The SMILES string of the molecule is C=C[C@@]1(O)OC[C@@H](O)[C@H](O)[C@H]1O. The van der Waals surface area contributed by atoms with Gasteiger partial charge in [0.15, 0.2) is 0 Å². The van der Waals surface area contributed by atoms with Crippen LogP contribution in [0.2, 0.25) is 0 Å². The van der Waals surface area contributed by atoms with Crippen molar-refractivity contribution in [3.63, 3.8) is 0 Å². The molecular formula is C7H12O5. The highest BCUT2D eigenvalue weighted by molar-refractivity contribution is 5.01. The molecule has 1 heterocycles. The van der Waals surface area contributed by atoms with Gasteiger partial charge in [-0.3, -0.25) is 0 Å². The molecule has 1 rings (SSSR count). The van der Waals surface area contributed by atoms with E-state index >= 15 is 0 Å². The lowest BCUT2D eigenvalue weighted by molar-refractivity contribution is -0.296. The Morgan fingerprint density at radius 1 is 1.42 bits per heavy atom. The highest BCUT2D eigenvalue weighted by Gasteiger charge is 2.46. The largest absolute Gasteiger partial charge is 0.388 e. The van der Waals surface area contributed by atoms with Gasteiger partial charge in [-0.1, -0.05) is 6.58 Å². The fraction of sp³-hybridized carbons (Fsp3) is 0.714. The molecule has 12 heavy (non-hydrogen) atoms. The number of hydrogen-bond acceptors (Lipinski definition) is 5. The average molecular weight is 176 g/mol. The Hall–Kier alpha value is -0.460. The Labute approximate surface area is 69.5 Å². The molecule has 5 nitrogen and oxygen atoms in total. The van der Waals surface area contributed by atoms with Gasteiger partial charge in [-0.05, 0) is 6.08 Å². The van der Waals surface area contributed by atoms with Gasteiger partial charge in [0.25, 0.3) is 0 Å². The molecule has 0 amide bonds. The average Bonchev–Trinajstić information content (AvgIpc) is 2.09. The van der Waals surface area contributed by atoms with Crippen LogP contribution >= 0.6 is 0 Å². The van der Waals surface area contributed by atoms with Crippen LogP contribution in [0.4, 0.5) is 0 Å². The van der Waals surface area contributed by atoms with Gasteiger partial charge >= 0.3 is 0 Å². The third kappa shape index (κ3) is 1.37. The normalized spacial score (nSPS) is 48.8. The van der Waals surface area contributed by atoms with E-state index in [9.17, 15) is 10.2 Å². The van der Waals surface area contributed by atoms with Gasteiger partial charge in [-0.2, -0.15) is 0 Å². The first kappa shape index (κ1) is 9.63. The minimum absolute atomic E-state index is 0.235. The predicted molar refractivity (Wildman–Crippen MR) is 39.1 cm³/mol. The van der Waals surface area contributed by atoms with Crippen LogP contribution in [-0.4, -0.2) is 51.1 Å².